The molecule has 0 heterocycles. The number of phenolic OH excluding ortho intramolecular Hbond substituents is 1. The lowest BCUT2D eigenvalue weighted by molar-refractivity contribution is 0.415. The van der Waals surface area contributed by atoms with E-state index in [0.29, 0.717) is 11.4 Å². The molecule has 0 atom stereocenters. The zero-order valence-corrected chi connectivity index (χ0v) is 11.5. The average molecular weight is 278 g/mol. The van der Waals surface area contributed by atoms with Crippen LogP contribution in [-0.4, -0.2) is 12.2 Å². The molecule has 0 fully saturated rings. The molecule has 0 aliphatic rings. The minimum atomic E-state index is 0.0930. The topological polar surface area (TPSA) is 54.2 Å². The summed E-state index contributed by atoms with van der Waals surface area (Å²) in [4.78, 5) is 0. The van der Waals surface area contributed by atoms with Gasteiger partial charge in [-0.15, -0.1) is 5.11 Å². The second kappa shape index (κ2) is 5.63. The molecule has 0 bridgehead atoms. The Hall–Kier alpha value is -2.88. The minimum absolute atomic E-state index is 0.0930. The maximum absolute atomic E-state index is 10.1. The van der Waals surface area contributed by atoms with Gasteiger partial charge in [0.25, 0.3) is 0 Å². The summed E-state index contributed by atoms with van der Waals surface area (Å²) in [6, 6.07) is 18.5. The minimum Gasteiger partial charge on any atom is -0.506 e. The molecule has 4 heteroatoms. The lowest BCUT2D eigenvalue weighted by atomic mass is 10.1. The highest BCUT2D eigenvalue weighted by Gasteiger charge is 2.07. The summed E-state index contributed by atoms with van der Waals surface area (Å²) in [5, 5.41) is 20.2. The van der Waals surface area contributed by atoms with Crippen molar-refractivity contribution in [2.45, 2.75) is 0 Å². The molecule has 0 aliphatic heterocycles. The maximum Gasteiger partial charge on any atom is 0.143 e. The highest BCUT2D eigenvalue weighted by Crippen LogP contribution is 2.37. The molecular weight excluding hydrogens is 264 g/mol. The lowest BCUT2D eigenvalue weighted by Crippen LogP contribution is -1.82. The standard InChI is InChI=1S/C17H14N2O2/c1-21-14-9-7-12-8-10-16(20)17(15(12)11-14)19-18-13-5-3-2-4-6-13/h2-11,20H,1H3. The molecule has 3 rings (SSSR count). The van der Waals surface area contributed by atoms with Crippen LogP contribution >= 0.6 is 0 Å². The van der Waals surface area contributed by atoms with Crippen molar-refractivity contribution in [3.05, 3.63) is 60.7 Å². The van der Waals surface area contributed by atoms with Crippen molar-refractivity contribution < 1.29 is 9.84 Å². The van der Waals surface area contributed by atoms with Crippen molar-refractivity contribution in [2.24, 2.45) is 10.2 Å². The van der Waals surface area contributed by atoms with E-state index in [1.165, 1.54) is 0 Å². The Morgan fingerprint density at radius 2 is 1.67 bits per heavy atom. The summed E-state index contributed by atoms with van der Waals surface area (Å²) in [5.41, 5.74) is 1.17. The van der Waals surface area contributed by atoms with Crippen LogP contribution in [0.25, 0.3) is 10.8 Å². The number of phenols is 1. The third kappa shape index (κ3) is 2.69. The van der Waals surface area contributed by atoms with Gasteiger partial charge >= 0.3 is 0 Å². The first-order chi connectivity index (χ1) is 10.3. The molecule has 1 N–H and O–H groups in total. The molecule has 0 unspecified atom stereocenters. The van der Waals surface area contributed by atoms with Gasteiger partial charge in [0.1, 0.15) is 17.2 Å². The molecule has 0 aromatic heterocycles. The van der Waals surface area contributed by atoms with Crippen LogP contribution in [0.3, 0.4) is 0 Å². The summed E-state index contributed by atoms with van der Waals surface area (Å²) in [6.45, 7) is 0. The van der Waals surface area contributed by atoms with E-state index in [-0.39, 0.29) is 5.75 Å². The van der Waals surface area contributed by atoms with E-state index in [4.69, 9.17) is 4.74 Å². The second-order valence-electron chi connectivity index (χ2n) is 4.56. The van der Waals surface area contributed by atoms with Crippen molar-refractivity contribution >= 4 is 22.1 Å². The van der Waals surface area contributed by atoms with Gasteiger partial charge in [-0.3, -0.25) is 0 Å². The number of hydrogen-bond donors (Lipinski definition) is 1. The second-order valence-corrected chi connectivity index (χ2v) is 4.56. The maximum atomic E-state index is 10.1. The van der Waals surface area contributed by atoms with Crippen LogP contribution in [0.1, 0.15) is 0 Å². The van der Waals surface area contributed by atoms with E-state index in [9.17, 15) is 5.11 Å². The highest BCUT2D eigenvalue weighted by atomic mass is 16.5. The number of benzene rings is 3. The first-order valence-electron chi connectivity index (χ1n) is 6.54. The molecule has 21 heavy (non-hydrogen) atoms. The molecule has 0 saturated carbocycles. The van der Waals surface area contributed by atoms with Gasteiger partial charge in [-0.05, 0) is 35.7 Å². The first-order valence-corrected chi connectivity index (χ1v) is 6.54. The zero-order valence-electron chi connectivity index (χ0n) is 11.5. The van der Waals surface area contributed by atoms with Crippen LogP contribution in [0.4, 0.5) is 11.4 Å². The van der Waals surface area contributed by atoms with Crippen LogP contribution in [-0.2, 0) is 0 Å². The molecule has 0 radical (unpaired) electrons. The van der Waals surface area contributed by atoms with E-state index in [0.717, 1.165) is 16.5 Å². The quantitative estimate of drug-likeness (QED) is 0.688. The van der Waals surface area contributed by atoms with Crippen molar-refractivity contribution in [1.29, 1.82) is 0 Å². The van der Waals surface area contributed by atoms with Crippen LogP contribution in [0, 0.1) is 0 Å². The predicted octanol–water partition coefficient (Wildman–Crippen LogP) is 4.97. The largest absolute Gasteiger partial charge is 0.506 e. The lowest BCUT2D eigenvalue weighted by Gasteiger charge is -2.06. The van der Waals surface area contributed by atoms with Crippen LogP contribution < -0.4 is 4.74 Å². The van der Waals surface area contributed by atoms with Gasteiger partial charge in [-0.1, -0.05) is 30.3 Å². The van der Waals surface area contributed by atoms with Gasteiger partial charge in [0, 0.05) is 5.39 Å². The Kier molecular flexibility index (Phi) is 3.51. The van der Waals surface area contributed by atoms with Gasteiger partial charge in [0.15, 0.2) is 0 Å². The Labute approximate surface area is 122 Å². The van der Waals surface area contributed by atoms with E-state index >= 15 is 0 Å². The number of azo groups is 1. The smallest absolute Gasteiger partial charge is 0.143 e. The van der Waals surface area contributed by atoms with E-state index in [1.807, 2.05) is 54.6 Å². The van der Waals surface area contributed by atoms with E-state index in [1.54, 1.807) is 13.2 Å². The summed E-state index contributed by atoms with van der Waals surface area (Å²) in [6.07, 6.45) is 0. The number of rotatable bonds is 3. The Bertz CT molecular complexity index is 798. The van der Waals surface area contributed by atoms with Crippen molar-refractivity contribution in [1.82, 2.24) is 0 Å². The van der Waals surface area contributed by atoms with Crippen molar-refractivity contribution in [3.8, 4) is 11.5 Å². The SMILES string of the molecule is COc1ccc2ccc(O)c(N=Nc3ccccc3)c2c1. The fourth-order valence-corrected chi connectivity index (χ4v) is 2.11. The summed E-state index contributed by atoms with van der Waals surface area (Å²) >= 11 is 0. The normalized spacial score (nSPS) is 11.1. The Morgan fingerprint density at radius 3 is 2.43 bits per heavy atom. The molecule has 0 aliphatic carbocycles. The van der Waals surface area contributed by atoms with Crippen LogP contribution in [0.2, 0.25) is 0 Å². The van der Waals surface area contributed by atoms with Crippen molar-refractivity contribution in [2.75, 3.05) is 7.11 Å². The van der Waals surface area contributed by atoms with Gasteiger partial charge in [0.2, 0.25) is 0 Å². The van der Waals surface area contributed by atoms with Crippen LogP contribution in [0.15, 0.2) is 70.9 Å². The Morgan fingerprint density at radius 1 is 0.905 bits per heavy atom. The molecule has 3 aromatic carbocycles. The molecule has 0 saturated heterocycles. The van der Waals surface area contributed by atoms with Crippen LogP contribution in [0.5, 0.6) is 11.5 Å². The molecule has 3 aromatic rings. The Balaban J connectivity index is 2.12. The number of methoxy groups -OCH3 is 1. The fourth-order valence-electron chi connectivity index (χ4n) is 2.11. The average Bonchev–Trinajstić information content (AvgIpc) is 2.54. The number of ether oxygens (including phenoxy) is 1. The van der Waals surface area contributed by atoms with E-state index in [2.05, 4.69) is 10.2 Å². The van der Waals surface area contributed by atoms with E-state index < -0.39 is 0 Å². The third-order valence-electron chi connectivity index (χ3n) is 3.20. The number of nitrogens with zero attached hydrogens (tertiary/aromatic N) is 2. The monoisotopic (exact) mass is 278 g/mol. The van der Waals surface area contributed by atoms with Gasteiger partial charge in [-0.25, -0.2) is 0 Å². The molecular formula is C17H14N2O2. The predicted molar refractivity (Wildman–Crippen MR) is 82.8 cm³/mol. The molecule has 0 spiro atoms. The van der Waals surface area contributed by atoms with Gasteiger partial charge in [-0.2, -0.15) is 5.11 Å². The zero-order chi connectivity index (χ0) is 14.7. The summed E-state index contributed by atoms with van der Waals surface area (Å²) in [7, 11) is 1.61. The molecule has 0 amide bonds. The number of hydrogen-bond acceptors (Lipinski definition) is 4. The summed E-state index contributed by atoms with van der Waals surface area (Å²) in [5.74, 6) is 0.805. The van der Waals surface area contributed by atoms with Gasteiger partial charge < -0.3 is 9.84 Å². The number of fused-ring (bicyclic) bond motifs is 1. The number of aromatic hydroxyl groups is 1. The first kappa shape index (κ1) is 13.1. The molecule has 4 nitrogen and oxygen atoms in total. The van der Waals surface area contributed by atoms with Gasteiger partial charge in [0.05, 0.1) is 12.8 Å². The molecule has 104 valence electrons. The third-order valence-corrected chi connectivity index (χ3v) is 3.20. The highest BCUT2D eigenvalue weighted by molar-refractivity contribution is 5.96. The van der Waals surface area contributed by atoms with Crippen molar-refractivity contribution in [3.63, 3.8) is 0 Å². The summed E-state index contributed by atoms with van der Waals surface area (Å²) < 4.78 is 5.23. The fraction of sp³-hybridized carbons (Fsp3) is 0.0588.